The Morgan fingerprint density at radius 1 is 1.00 bits per heavy atom. The first-order valence-corrected chi connectivity index (χ1v) is 8.42. The molecule has 0 atom stereocenters. The van der Waals surface area contributed by atoms with Gasteiger partial charge >= 0.3 is 0 Å². The van der Waals surface area contributed by atoms with Crippen molar-refractivity contribution in [2.24, 2.45) is 11.1 Å². The first kappa shape index (κ1) is 16.7. The highest BCUT2D eigenvalue weighted by Gasteiger charge is 2.38. The van der Waals surface area contributed by atoms with Crippen molar-refractivity contribution in [1.29, 1.82) is 0 Å². The highest BCUT2D eigenvalue weighted by Crippen LogP contribution is 2.31. The number of amides is 1. The van der Waals surface area contributed by atoms with E-state index in [2.05, 4.69) is 29.6 Å². The van der Waals surface area contributed by atoms with Gasteiger partial charge in [0, 0.05) is 19.8 Å². The van der Waals surface area contributed by atoms with Gasteiger partial charge < -0.3 is 15.8 Å². The molecule has 1 aliphatic rings. The molecule has 1 fully saturated rings. The molecule has 3 N–H and O–H groups in total. The fourth-order valence-electron chi connectivity index (χ4n) is 3.29. The quantitative estimate of drug-likeness (QED) is 0.858. The lowest BCUT2D eigenvalue weighted by atomic mass is 9.79. The van der Waals surface area contributed by atoms with Crippen LogP contribution >= 0.6 is 0 Å². The van der Waals surface area contributed by atoms with Crippen LogP contribution in [0.1, 0.15) is 30.0 Å². The SMILES string of the molecule is NC(=O)C1(CNC(c2ccccc2)c2ccccc2)CCOCC1. The van der Waals surface area contributed by atoms with Crippen LogP contribution in [0.4, 0.5) is 0 Å². The molecule has 0 radical (unpaired) electrons. The van der Waals surface area contributed by atoms with Crippen molar-refractivity contribution >= 4 is 5.91 Å². The number of nitrogens with two attached hydrogens (primary N) is 1. The van der Waals surface area contributed by atoms with Gasteiger partial charge in [0.25, 0.3) is 0 Å². The second-order valence-electron chi connectivity index (χ2n) is 6.39. The lowest BCUT2D eigenvalue weighted by Crippen LogP contribution is -2.49. The van der Waals surface area contributed by atoms with Crippen molar-refractivity contribution in [1.82, 2.24) is 5.32 Å². The first-order valence-electron chi connectivity index (χ1n) is 8.42. The Morgan fingerprint density at radius 3 is 1.96 bits per heavy atom. The summed E-state index contributed by atoms with van der Waals surface area (Å²) in [6.45, 7) is 1.73. The average Bonchev–Trinajstić information content (AvgIpc) is 2.64. The number of nitrogens with one attached hydrogen (secondary N) is 1. The van der Waals surface area contributed by atoms with Crippen molar-refractivity contribution in [2.75, 3.05) is 19.8 Å². The highest BCUT2D eigenvalue weighted by atomic mass is 16.5. The molecular formula is C20H24N2O2. The number of rotatable bonds is 6. The molecule has 0 unspecified atom stereocenters. The summed E-state index contributed by atoms with van der Waals surface area (Å²) < 4.78 is 5.42. The van der Waals surface area contributed by atoms with Crippen molar-refractivity contribution in [2.45, 2.75) is 18.9 Å². The molecule has 1 saturated heterocycles. The maximum atomic E-state index is 12.1. The van der Waals surface area contributed by atoms with Crippen molar-refractivity contribution in [3.05, 3.63) is 71.8 Å². The standard InChI is InChI=1S/C20H24N2O2/c21-19(23)20(11-13-24-14-12-20)15-22-18(16-7-3-1-4-8-16)17-9-5-2-6-10-17/h1-10,18,22H,11-15H2,(H2,21,23). The molecule has 126 valence electrons. The first-order chi connectivity index (χ1) is 11.7. The molecule has 0 aromatic heterocycles. The molecular weight excluding hydrogens is 300 g/mol. The van der Waals surface area contributed by atoms with Crippen molar-refractivity contribution in [3.8, 4) is 0 Å². The fraction of sp³-hybridized carbons (Fsp3) is 0.350. The van der Waals surface area contributed by atoms with E-state index in [0.29, 0.717) is 32.6 Å². The van der Waals surface area contributed by atoms with Crippen LogP contribution < -0.4 is 11.1 Å². The van der Waals surface area contributed by atoms with Gasteiger partial charge in [-0.05, 0) is 24.0 Å². The van der Waals surface area contributed by atoms with Gasteiger partial charge in [0.15, 0.2) is 0 Å². The summed E-state index contributed by atoms with van der Waals surface area (Å²) in [5.74, 6) is -0.238. The lowest BCUT2D eigenvalue weighted by molar-refractivity contribution is -0.133. The second kappa shape index (κ2) is 7.60. The number of hydrogen-bond acceptors (Lipinski definition) is 3. The molecule has 0 bridgehead atoms. The van der Waals surface area contributed by atoms with E-state index in [1.54, 1.807) is 0 Å². The van der Waals surface area contributed by atoms with Crippen LogP contribution in [0, 0.1) is 5.41 Å². The summed E-state index contributed by atoms with van der Waals surface area (Å²) in [4.78, 5) is 12.1. The van der Waals surface area contributed by atoms with Gasteiger partial charge in [-0.1, -0.05) is 60.7 Å². The molecule has 1 aliphatic heterocycles. The number of carbonyl (C=O) groups is 1. The van der Waals surface area contributed by atoms with E-state index in [4.69, 9.17) is 10.5 Å². The number of carbonyl (C=O) groups excluding carboxylic acids is 1. The minimum Gasteiger partial charge on any atom is -0.381 e. The molecule has 1 amide bonds. The van der Waals surface area contributed by atoms with E-state index in [0.717, 1.165) is 0 Å². The maximum absolute atomic E-state index is 12.1. The Kier molecular flexibility index (Phi) is 5.28. The Bertz CT molecular complexity index is 612. The topological polar surface area (TPSA) is 64.4 Å². The number of hydrogen-bond donors (Lipinski definition) is 2. The van der Waals surface area contributed by atoms with E-state index >= 15 is 0 Å². The van der Waals surface area contributed by atoms with E-state index < -0.39 is 5.41 Å². The molecule has 2 aromatic rings. The van der Waals surface area contributed by atoms with Crippen LogP contribution in [0.15, 0.2) is 60.7 Å². The minimum atomic E-state index is -0.528. The third-order valence-corrected chi connectivity index (χ3v) is 4.88. The van der Waals surface area contributed by atoms with Crippen LogP contribution in [0.25, 0.3) is 0 Å². The molecule has 4 heteroatoms. The van der Waals surface area contributed by atoms with Gasteiger partial charge in [0.2, 0.25) is 5.91 Å². The van der Waals surface area contributed by atoms with E-state index in [-0.39, 0.29) is 11.9 Å². The van der Waals surface area contributed by atoms with Crippen LogP contribution in [-0.4, -0.2) is 25.7 Å². The molecule has 2 aromatic carbocycles. The second-order valence-corrected chi connectivity index (χ2v) is 6.39. The van der Waals surface area contributed by atoms with Gasteiger partial charge in [-0.15, -0.1) is 0 Å². The zero-order valence-electron chi connectivity index (χ0n) is 13.8. The summed E-state index contributed by atoms with van der Waals surface area (Å²) >= 11 is 0. The van der Waals surface area contributed by atoms with Crippen LogP contribution in [0.3, 0.4) is 0 Å². The van der Waals surface area contributed by atoms with Gasteiger partial charge in [0.05, 0.1) is 11.5 Å². The number of primary amides is 1. The average molecular weight is 324 g/mol. The van der Waals surface area contributed by atoms with Gasteiger partial charge in [-0.3, -0.25) is 4.79 Å². The lowest BCUT2D eigenvalue weighted by Gasteiger charge is -2.36. The predicted molar refractivity (Wildman–Crippen MR) is 94.4 cm³/mol. The zero-order chi connectivity index (χ0) is 16.8. The van der Waals surface area contributed by atoms with Crippen LogP contribution in [-0.2, 0) is 9.53 Å². The zero-order valence-corrected chi connectivity index (χ0v) is 13.8. The molecule has 0 aliphatic carbocycles. The maximum Gasteiger partial charge on any atom is 0.225 e. The fourth-order valence-corrected chi connectivity index (χ4v) is 3.29. The summed E-state index contributed by atoms with van der Waals surface area (Å²) in [5, 5.41) is 3.59. The third-order valence-electron chi connectivity index (χ3n) is 4.88. The molecule has 24 heavy (non-hydrogen) atoms. The van der Waals surface area contributed by atoms with Gasteiger partial charge in [-0.25, -0.2) is 0 Å². The Morgan fingerprint density at radius 2 is 1.50 bits per heavy atom. The van der Waals surface area contributed by atoms with E-state index in [1.165, 1.54) is 11.1 Å². The van der Waals surface area contributed by atoms with E-state index in [9.17, 15) is 4.79 Å². The Hall–Kier alpha value is -2.17. The molecule has 4 nitrogen and oxygen atoms in total. The molecule has 3 rings (SSSR count). The van der Waals surface area contributed by atoms with Crippen molar-refractivity contribution < 1.29 is 9.53 Å². The predicted octanol–water partition coefficient (Wildman–Crippen LogP) is 2.65. The number of benzene rings is 2. The van der Waals surface area contributed by atoms with Crippen LogP contribution in [0.5, 0.6) is 0 Å². The van der Waals surface area contributed by atoms with Gasteiger partial charge in [-0.2, -0.15) is 0 Å². The summed E-state index contributed by atoms with van der Waals surface area (Å²) in [6.07, 6.45) is 1.34. The highest BCUT2D eigenvalue weighted by molar-refractivity contribution is 5.81. The largest absolute Gasteiger partial charge is 0.381 e. The summed E-state index contributed by atoms with van der Waals surface area (Å²) in [5.41, 5.74) is 7.56. The molecule has 0 spiro atoms. The number of ether oxygens (including phenoxy) is 1. The minimum absolute atomic E-state index is 0.0338. The van der Waals surface area contributed by atoms with Gasteiger partial charge in [0.1, 0.15) is 0 Å². The smallest absolute Gasteiger partial charge is 0.225 e. The Balaban J connectivity index is 1.83. The summed E-state index contributed by atoms with van der Waals surface area (Å²) in [6, 6.07) is 20.6. The van der Waals surface area contributed by atoms with Crippen LogP contribution in [0.2, 0.25) is 0 Å². The monoisotopic (exact) mass is 324 g/mol. The van der Waals surface area contributed by atoms with Crippen molar-refractivity contribution in [3.63, 3.8) is 0 Å². The normalized spacial score (nSPS) is 16.9. The molecule has 0 saturated carbocycles. The third kappa shape index (κ3) is 3.66. The Labute approximate surface area is 143 Å². The molecule has 1 heterocycles. The summed E-state index contributed by atoms with van der Waals surface area (Å²) in [7, 11) is 0. The van der Waals surface area contributed by atoms with E-state index in [1.807, 2.05) is 36.4 Å².